The molecule has 268 valence electrons. The van der Waals surface area contributed by atoms with Crippen LogP contribution >= 0.6 is 0 Å². The molecule has 2 heteroatoms. The maximum Gasteiger partial charge on any atom is 0.0620 e. The topological polar surface area (TPSA) is 9.86 Å². The standard InChI is InChI=1S/C56H34N2/c1-2-14-35(15-3-1)36-26-29-54-47(30-36)42-19-6-7-20-43(42)49-32-39(33-50-46-23-11-13-25-52(46)58(54)56(49)50)37-27-28-53-48(31-37)45-22-10-12-24-51(45)57(53)55-34-38-16-4-5-17-40(38)41-18-8-9-21-44(41)55/h1-34H. The van der Waals surface area contributed by atoms with Gasteiger partial charge in [0.15, 0.2) is 0 Å². The van der Waals surface area contributed by atoms with Crippen LogP contribution in [0.5, 0.6) is 0 Å². The summed E-state index contributed by atoms with van der Waals surface area (Å²) in [7, 11) is 0. The Balaban J connectivity index is 1.07. The molecule has 0 radical (unpaired) electrons. The van der Waals surface area contributed by atoms with Crippen LogP contribution in [-0.2, 0) is 0 Å². The summed E-state index contributed by atoms with van der Waals surface area (Å²) in [6.07, 6.45) is 0. The Labute approximate surface area is 335 Å². The molecule has 0 saturated heterocycles. The lowest BCUT2D eigenvalue weighted by molar-refractivity contribution is 1.19. The molecule has 0 bridgehead atoms. The molecule has 0 aliphatic carbocycles. The van der Waals surface area contributed by atoms with Crippen LogP contribution in [-0.4, -0.2) is 9.13 Å². The van der Waals surface area contributed by atoms with Crippen LogP contribution < -0.4 is 0 Å². The lowest BCUT2D eigenvalue weighted by atomic mass is 9.90. The first-order valence-corrected chi connectivity index (χ1v) is 20.1. The quantitative estimate of drug-likeness (QED) is 0.160. The van der Waals surface area contributed by atoms with E-state index in [4.69, 9.17) is 0 Å². The van der Waals surface area contributed by atoms with Gasteiger partial charge in [0.1, 0.15) is 0 Å². The number of aromatic nitrogens is 2. The first-order valence-electron chi connectivity index (χ1n) is 20.1. The van der Waals surface area contributed by atoms with Crippen molar-refractivity contribution >= 4 is 65.2 Å². The highest BCUT2D eigenvalue weighted by atomic mass is 15.0. The molecule has 0 N–H and O–H groups in total. The van der Waals surface area contributed by atoms with Crippen LogP contribution in [0.1, 0.15) is 0 Å². The van der Waals surface area contributed by atoms with E-state index < -0.39 is 0 Å². The molecule has 2 aromatic heterocycles. The molecule has 0 spiro atoms. The summed E-state index contributed by atoms with van der Waals surface area (Å²) in [5.74, 6) is 0. The van der Waals surface area contributed by atoms with Gasteiger partial charge in [0.2, 0.25) is 0 Å². The molecule has 0 atom stereocenters. The Hall–Kier alpha value is -7.68. The van der Waals surface area contributed by atoms with Crippen molar-refractivity contribution in [3.63, 3.8) is 0 Å². The lowest BCUT2D eigenvalue weighted by Gasteiger charge is -2.15. The zero-order chi connectivity index (χ0) is 37.9. The summed E-state index contributed by atoms with van der Waals surface area (Å²) in [5.41, 5.74) is 17.2. The number of rotatable bonds is 3. The molecule has 1 aliphatic rings. The van der Waals surface area contributed by atoms with Gasteiger partial charge in [0, 0.05) is 38.1 Å². The summed E-state index contributed by atoms with van der Waals surface area (Å²) in [6.45, 7) is 0. The molecule has 58 heavy (non-hydrogen) atoms. The second kappa shape index (κ2) is 11.9. The molecule has 0 saturated carbocycles. The highest BCUT2D eigenvalue weighted by molar-refractivity contribution is 6.19. The molecule has 0 amide bonds. The SMILES string of the molecule is c1ccc(-c2ccc3c(c2)-c2ccccc2-c2cc(-c4ccc5c(c4)c4ccccc4n5-c4cc5ccccc5c5ccccc45)cc4c5ccccc5n-3c24)cc1. The molecule has 10 aromatic carbocycles. The Bertz CT molecular complexity index is 3670. The number of nitrogens with zero attached hydrogens (tertiary/aromatic N) is 2. The number of hydrogen-bond donors (Lipinski definition) is 0. The molecule has 0 fully saturated rings. The van der Waals surface area contributed by atoms with Crippen molar-refractivity contribution in [2.45, 2.75) is 0 Å². The summed E-state index contributed by atoms with van der Waals surface area (Å²) in [4.78, 5) is 0. The van der Waals surface area contributed by atoms with Gasteiger partial charge in [-0.1, -0.05) is 152 Å². The average Bonchev–Trinajstić information content (AvgIpc) is 3.77. The molecule has 2 nitrogen and oxygen atoms in total. The van der Waals surface area contributed by atoms with Crippen molar-refractivity contribution in [3.8, 4) is 55.9 Å². The highest BCUT2D eigenvalue weighted by Gasteiger charge is 2.26. The third kappa shape index (κ3) is 4.37. The smallest absolute Gasteiger partial charge is 0.0620 e. The minimum Gasteiger partial charge on any atom is -0.309 e. The van der Waals surface area contributed by atoms with Crippen LogP contribution in [0.4, 0.5) is 0 Å². The van der Waals surface area contributed by atoms with Gasteiger partial charge in [-0.3, -0.25) is 0 Å². The van der Waals surface area contributed by atoms with E-state index in [1.165, 1.54) is 121 Å². The summed E-state index contributed by atoms with van der Waals surface area (Å²) in [5, 5.41) is 10.1. The second-order valence-corrected chi connectivity index (χ2v) is 15.7. The van der Waals surface area contributed by atoms with Crippen LogP contribution in [0.15, 0.2) is 206 Å². The summed E-state index contributed by atoms with van der Waals surface area (Å²) >= 11 is 0. The lowest BCUT2D eigenvalue weighted by Crippen LogP contribution is -1.96. The number of fused-ring (bicyclic) bond motifs is 14. The largest absolute Gasteiger partial charge is 0.309 e. The molecule has 1 aliphatic heterocycles. The summed E-state index contributed by atoms with van der Waals surface area (Å²) in [6, 6.07) is 76.4. The van der Waals surface area contributed by atoms with E-state index in [0.29, 0.717) is 0 Å². The van der Waals surface area contributed by atoms with Crippen molar-refractivity contribution in [3.05, 3.63) is 206 Å². The fourth-order valence-corrected chi connectivity index (χ4v) is 10.1. The van der Waals surface area contributed by atoms with Crippen molar-refractivity contribution in [1.82, 2.24) is 9.13 Å². The van der Waals surface area contributed by atoms with E-state index in [-0.39, 0.29) is 0 Å². The minimum absolute atomic E-state index is 1.20. The highest BCUT2D eigenvalue weighted by Crippen LogP contribution is 2.49. The predicted molar refractivity (Wildman–Crippen MR) is 245 cm³/mol. The molecule has 0 unspecified atom stereocenters. The van der Waals surface area contributed by atoms with Crippen LogP contribution in [0.25, 0.3) is 121 Å². The number of para-hydroxylation sites is 2. The number of hydrogen-bond acceptors (Lipinski definition) is 0. The van der Waals surface area contributed by atoms with E-state index >= 15 is 0 Å². The van der Waals surface area contributed by atoms with E-state index in [1.54, 1.807) is 0 Å². The van der Waals surface area contributed by atoms with E-state index in [2.05, 4.69) is 215 Å². The third-order valence-corrected chi connectivity index (χ3v) is 12.6. The Kier molecular flexibility index (Phi) is 6.47. The van der Waals surface area contributed by atoms with E-state index in [0.717, 1.165) is 0 Å². The van der Waals surface area contributed by atoms with Gasteiger partial charge in [-0.2, -0.15) is 0 Å². The van der Waals surface area contributed by atoms with Crippen molar-refractivity contribution < 1.29 is 0 Å². The van der Waals surface area contributed by atoms with Crippen molar-refractivity contribution in [1.29, 1.82) is 0 Å². The number of benzene rings is 10. The van der Waals surface area contributed by atoms with Crippen molar-refractivity contribution in [2.24, 2.45) is 0 Å². The monoisotopic (exact) mass is 734 g/mol. The van der Waals surface area contributed by atoms with Crippen LogP contribution in [0.2, 0.25) is 0 Å². The normalized spacial score (nSPS) is 12.1. The Morgan fingerprint density at radius 3 is 1.60 bits per heavy atom. The van der Waals surface area contributed by atoms with Gasteiger partial charge < -0.3 is 9.13 Å². The van der Waals surface area contributed by atoms with Gasteiger partial charge in [-0.05, 0) is 104 Å². The van der Waals surface area contributed by atoms with E-state index in [9.17, 15) is 0 Å². The van der Waals surface area contributed by atoms with Gasteiger partial charge in [0.25, 0.3) is 0 Å². The summed E-state index contributed by atoms with van der Waals surface area (Å²) < 4.78 is 4.99. The first-order chi connectivity index (χ1) is 28.8. The fourth-order valence-electron chi connectivity index (χ4n) is 10.1. The molecule has 13 rings (SSSR count). The third-order valence-electron chi connectivity index (χ3n) is 12.6. The molecule has 12 aromatic rings. The predicted octanol–water partition coefficient (Wildman–Crippen LogP) is 15.2. The van der Waals surface area contributed by atoms with Crippen molar-refractivity contribution in [2.75, 3.05) is 0 Å². The van der Waals surface area contributed by atoms with Gasteiger partial charge in [-0.15, -0.1) is 0 Å². The Morgan fingerprint density at radius 1 is 0.241 bits per heavy atom. The van der Waals surface area contributed by atoms with Gasteiger partial charge in [-0.25, -0.2) is 0 Å². The van der Waals surface area contributed by atoms with Gasteiger partial charge in [0.05, 0.1) is 33.4 Å². The Morgan fingerprint density at radius 2 is 0.793 bits per heavy atom. The molecule has 3 heterocycles. The minimum atomic E-state index is 1.20. The second-order valence-electron chi connectivity index (χ2n) is 15.7. The maximum absolute atomic E-state index is 2.51. The molecular formula is C56H34N2. The van der Waals surface area contributed by atoms with Crippen LogP contribution in [0, 0.1) is 0 Å². The zero-order valence-electron chi connectivity index (χ0n) is 31.5. The molecular weight excluding hydrogens is 701 g/mol. The van der Waals surface area contributed by atoms with Crippen LogP contribution in [0.3, 0.4) is 0 Å². The average molecular weight is 735 g/mol. The van der Waals surface area contributed by atoms with E-state index in [1.807, 2.05) is 0 Å². The fraction of sp³-hybridized carbons (Fsp3) is 0. The maximum atomic E-state index is 2.51. The van der Waals surface area contributed by atoms with Gasteiger partial charge >= 0.3 is 0 Å². The first kappa shape index (κ1) is 31.5. The zero-order valence-corrected chi connectivity index (χ0v) is 31.5.